The summed E-state index contributed by atoms with van der Waals surface area (Å²) >= 11 is 0. The minimum Gasteiger partial charge on any atom is -0.489 e. The Hall–Kier alpha value is -3.40. The first-order valence-electron chi connectivity index (χ1n) is 7.64. The molecule has 1 amide bonds. The highest BCUT2D eigenvalue weighted by molar-refractivity contribution is 5.98. The topological polar surface area (TPSA) is 105 Å². The van der Waals surface area contributed by atoms with Crippen molar-refractivity contribution in [2.24, 2.45) is 0 Å². The van der Waals surface area contributed by atoms with E-state index in [-0.39, 0.29) is 24.3 Å². The van der Waals surface area contributed by atoms with Crippen molar-refractivity contribution in [1.29, 1.82) is 5.26 Å². The number of nitrogens with one attached hydrogen (secondary N) is 1. The maximum absolute atomic E-state index is 12.3. The van der Waals surface area contributed by atoms with Gasteiger partial charge in [0.15, 0.2) is 0 Å². The number of hydrogen-bond donors (Lipinski definition) is 1. The van der Waals surface area contributed by atoms with Crippen molar-refractivity contribution in [3.63, 3.8) is 0 Å². The lowest BCUT2D eigenvalue weighted by Crippen LogP contribution is -2.32. The van der Waals surface area contributed by atoms with Gasteiger partial charge in [-0.05, 0) is 24.6 Å². The van der Waals surface area contributed by atoms with Crippen LogP contribution < -0.4 is 10.1 Å². The minimum absolute atomic E-state index is 0.0969. The number of hydrogen-bond acceptors (Lipinski definition) is 5. The Labute approximate surface area is 145 Å². The zero-order chi connectivity index (χ0) is 18.2. The van der Waals surface area contributed by atoms with Crippen LogP contribution in [-0.2, 0) is 6.61 Å². The van der Waals surface area contributed by atoms with Crippen LogP contribution in [0, 0.1) is 21.4 Å². The van der Waals surface area contributed by atoms with Gasteiger partial charge in [-0.2, -0.15) is 5.26 Å². The van der Waals surface area contributed by atoms with E-state index in [9.17, 15) is 14.9 Å². The van der Waals surface area contributed by atoms with Crippen LogP contribution in [0.25, 0.3) is 0 Å². The average molecular weight is 339 g/mol. The number of benzene rings is 2. The van der Waals surface area contributed by atoms with Gasteiger partial charge in [-0.1, -0.05) is 30.3 Å². The zero-order valence-corrected chi connectivity index (χ0v) is 13.6. The summed E-state index contributed by atoms with van der Waals surface area (Å²) in [6.45, 7) is 1.94. The summed E-state index contributed by atoms with van der Waals surface area (Å²) in [5.74, 6) is -0.257. The quantitative estimate of drug-likeness (QED) is 0.616. The van der Waals surface area contributed by atoms with Gasteiger partial charge < -0.3 is 10.1 Å². The Morgan fingerprint density at radius 2 is 2.04 bits per heavy atom. The number of rotatable bonds is 7. The zero-order valence-electron chi connectivity index (χ0n) is 13.6. The molecule has 2 aromatic rings. The first-order chi connectivity index (χ1) is 12.0. The molecular weight excluding hydrogens is 322 g/mol. The standard InChI is InChI=1S/C18H17N3O4/c1-13(9-10-19)20-18(22)16-11-15(7-8-17(16)21(23)24)25-12-14-5-3-2-4-6-14/h2-8,11,13H,9,12H2,1H3,(H,20,22)/t13-/m0/s1. The van der Waals surface area contributed by atoms with Crippen molar-refractivity contribution in [1.82, 2.24) is 5.32 Å². The molecule has 0 heterocycles. The third kappa shape index (κ3) is 5.04. The highest BCUT2D eigenvalue weighted by Gasteiger charge is 2.22. The summed E-state index contributed by atoms with van der Waals surface area (Å²) in [6.07, 6.45) is 0.115. The summed E-state index contributed by atoms with van der Waals surface area (Å²) in [7, 11) is 0. The van der Waals surface area contributed by atoms with Gasteiger partial charge in [0, 0.05) is 12.1 Å². The summed E-state index contributed by atoms with van der Waals surface area (Å²) < 4.78 is 5.62. The molecule has 0 saturated carbocycles. The number of carbonyl (C=O) groups is 1. The second-order valence-corrected chi connectivity index (χ2v) is 5.45. The van der Waals surface area contributed by atoms with Crippen molar-refractivity contribution in [3.8, 4) is 11.8 Å². The fraction of sp³-hybridized carbons (Fsp3) is 0.222. The van der Waals surface area contributed by atoms with E-state index in [1.807, 2.05) is 36.4 Å². The van der Waals surface area contributed by atoms with E-state index in [0.29, 0.717) is 5.75 Å². The molecule has 25 heavy (non-hydrogen) atoms. The largest absolute Gasteiger partial charge is 0.489 e. The van der Waals surface area contributed by atoms with Gasteiger partial charge in [-0.3, -0.25) is 14.9 Å². The number of nitro benzene ring substituents is 1. The van der Waals surface area contributed by atoms with E-state index in [0.717, 1.165) is 5.56 Å². The number of amides is 1. The summed E-state index contributed by atoms with van der Waals surface area (Å²) in [5, 5.41) is 22.4. The number of nitrogens with zero attached hydrogens (tertiary/aromatic N) is 2. The van der Waals surface area contributed by atoms with Gasteiger partial charge in [0.1, 0.15) is 17.9 Å². The van der Waals surface area contributed by atoms with Gasteiger partial charge in [0.2, 0.25) is 0 Å². The van der Waals surface area contributed by atoms with Crippen molar-refractivity contribution < 1.29 is 14.5 Å². The van der Waals surface area contributed by atoms with Gasteiger partial charge in [-0.25, -0.2) is 0 Å². The van der Waals surface area contributed by atoms with Crippen LogP contribution in [0.15, 0.2) is 48.5 Å². The van der Waals surface area contributed by atoms with E-state index in [1.165, 1.54) is 18.2 Å². The Bertz CT molecular complexity index is 800. The summed E-state index contributed by atoms with van der Waals surface area (Å²) in [5.41, 5.74) is 0.531. The molecule has 0 fully saturated rings. The predicted octanol–water partition coefficient (Wildman–Crippen LogP) is 3.21. The second kappa shape index (κ2) is 8.45. The molecule has 0 saturated heterocycles. The number of nitriles is 1. The second-order valence-electron chi connectivity index (χ2n) is 5.45. The molecule has 128 valence electrons. The van der Waals surface area contributed by atoms with E-state index in [4.69, 9.17) is 10.00 Å². The van der Waals surface area contributed by atoms with Crippen molar-refractivity contribution in [2.75, 3.05) is 0 Å². The molecule has 0 spiro atoms. The highest BCUT2D eigenvalue weighted by Crippen LogP contribution is 2.25. The summed E-state index contributed by atoms with van der Waals surface area (Å²) in [6, 6.07) is 15.0. The van der Waals surface area contributed by atoms with Crippen LogP contribution in [0.5, 0.6) is 5.75 Å². The Kier molecular flexibility index (Phi) is 6.07. The van der Waals surface area contributed by atoms with E-state index >= 15 is 0 Å². The van der Waals surface area contributed by atoms with Gasteiger partial charge in [0.25, 0.3) is 11.6 Å². The fourth-order valence-electron chi connectivity index (χ4n) is 2.18. The van der Waals surface area contributed by atoms with Crippen molar-refractivity contribution in [3.05, 3.63) is 69.8 Å². The smallest absolute Gasteiger partial charge is 0.282 e. The first kappa shape index (κ1) is 17.9. The van der Waals surface area contributed by atoms with Crippen LogP contribution >= 0.6 is 0 Å². The maximum atomic E-state index is 12.3. The molecule has 0 unspecified atom stereocenters. The molecule has 2 aromatic carbocycles. The van der Waals surface area contributed by atoms with Gasteiger partial charge in [0.05, 0.1) is 17.4 Å². The van der Waals surface area contributed by atoms with E-state index in [1.54, 1.807) is 6.92 Å². The van der Waals surface area contributed by atoms with Crippen LogP contribution in [0.1, 0.15) is 29.3 Å². The molecule has 0 radical (unpaired) electrons. The normalized spacial score (nSPS) is 11.2. The molecular formula is C18H17N3O4. The van der Waals surface area contributed by atoms with Crippen LogP contribution in [-0.4, -0.2) is 16.9 Å². The molecule has 0 bridgehead atoms. The average Bonchev–Trinajstić information content (AvgIpc) is 2.60. The molecule has 0 aliphatic heterocycles. The number of ether oxygens (including phenoxy) is 1. The SMILES string of the molecule is C[C@@H](CC#N)NC(=O)c1cc(OCc2ccccc2)ccc1[N+](=O)[O-]. The predicted molar refractivity (Wildman–Crippen MR) is 91.0 cm³/mol. The van der Waals surface area contributed by atoms with Gasteiger partial charge >= 0.3 is 0 Å². The number of carbonyl (C=O) groups excluding carboxylic acids is 1. The van der Waals surface area contributed by atoms with Crippen molar-refractivity contribution in [2.45, 2.75) is 26.0 Å². The van der Waals surface area contributed by atoms with Crippen LogP contribution in [0.3, 0.4) is 0 Å². The monoisotopic (exact) mass is 339 g/mol. The molecule has 0 aliphatic carbocycles. The Morgan fingerprint density at radius 3 is 2.68 bits per heavy atom. The van der Waals surface area contributed by atoms with Crippen molar-refractivity contribution >= 4 is 11.6 Å². The van der Waals surface area contributed by atoms with Crippen LogP contribution in [0.4, 0.5) is 5.69 Å². The Balaban J connectivity index is 2.19. The lowest BCUT2D eigenvalue weighted by molar-refractivity contribution is -0.385. The number of nitro groups is 1. The Morgan fingerprint density at radius 1 is 1.32 bits per heavy atom. The highest BCUT2D eigenvalue weighted by atomic mass is 16.6. The fourth-order valence-corrected chi connectivity index (χ4v) is 2.18. The first-order valence-corrected chi connectivity index (χ1v) is 7.64. The molecule has 1 N–H and O–H groups in total. The molecule has 1 atom stereocenters. The third-order valence-corrected chi connectivity index (χ3v) is 3.43. The summed E-state index contributed by atoms with van der Waals surface area (Å²) in [4.78, 5) is 22.8. The maximum Gasteiger partial charge on any atom is 0.282 e. The third-order valence-electron chi connectivity index (χ3n) is 3.43. The molecule has 7 heteroatoms. The van der Waals surface area contributed by atoms with Crippen LogP contribution in [0.2, 0.25) is 0 Å². The lowest BCUT2D eigenvalue weighted by atomic mass is 10.1. The minimum atomic E-state index is -0.620. The molecule has 7 nitrogen and oxygen atoms in total. The van der Waals surface area contributed by atoms with E-state index < -0.39 is 16.9 Å². The molecule has 0 aromatic heterocycles. The molecule has 2 rings (SSSR count). The molecule has 0 aliphatic rings. The van der Waals surface area contributed by atoms with E-state index in [2.05, 4.69) is 5.32 Å². The van der Waals surface area contributed by atoms with Gasteiger partial charge in [-0.15, -0.1) is 0 Å². The lowest BCUT2D eigenvalue weighted by Gasteiger charge is -2.12.